The molecule has 2 aliphatic heterocycles. The fraction of sp³-hybridized carbons (Fsp3) is 0.556. The van der Waals surface area contributed by atoms with Crippen LogP contribution in [0.1, 0.15) is 34.6 Å². The summed E-state index contributed by atoms with van der Waals surface area (Å²) in [6, 6.07) is 3.86. The predicted octanol–water partition coefficient (Wildman–Crippen LogP) is 4.34. The lowest BCUT2D eigenvalue weighted by molar-refractivity contribution is -0.0700. The number of nitrogens with two attached hydrogens (primary N) is 1. The van der Waals surface area contributed by atoms with Crippen molar-refractivity contribution in [1.82, 2.24) is 9.88 Å². The molecular weight excluding hydrogens is 442 g/mol. The zero-order valence-corrected chi connectivity index (χ0v) is 22.3. The van der Waals surface area contributed by atoms with Gasteiger partial charge < -0.3 is 30.3 Å². The maximum absolute atomic E-state index is 6.85. The monoisotopic (exact) mass is 487 g/mol. The van der Waals surface area contributed by atoms with Gasteiger partial charge in [0.05, 0.1) is 25.4 Å². The topological polar surface area (TPSA) is 96.9 Å². The summed E-state index contributed by atoms with van der Waals surface area (Å²) in [4.78, 5) is 8.91. The van der Waals surface area contributed by atoms with Crippen LogP contribution in [0.4, 0.5) is 11.5 Å². The second-order valence-electron chi connectivity index (χ2n) is 8.39. The minimum absolute atomic E-state index is 0.271. The van der Waals surface area contributed by atoms with Gasteiger partial charge in [0, 0.05) is 56.8 Å². The molecule has 2 saturated heterocycles. The second-order valence-corrected chi connectivity index (χ2v) is 8.39. The van der Waals surface area contributed by atoms with Gasteiger partial charge in [-0.1, -0.05) is 44.7 Å². The van der Waals surface area contributed by atoms with Crippen molar-refractivity contribution in [3.05, 3.63) is 48.6 Å². The summed E-state index contributed by atoms with van der Waals surface area (Å²) in [6.45, 7) is 23.8. The van der Waals surface area contributed by atoms with E-state index in [1.54, 1.807) is 12.2 Å². The van der Waals surface area contributed by atoms with Gasteiger partial charge in [-0.25, -0.2) is 0 Å². The fourth-order valence-electron chi connectivity index (χ4n) is 3.78. The van der Waals surface area contributed by atoms with Crippen LogP contribution in [0.15, 0.2) is 48.6 Å². The number of nitrogen functional groups attached to an aromatic ring is 1. The number of anilines is 2. The maximum atomic E-state index is 6.85. The van der Waals surface area contributed by atoms with E-state index >= 15 is 0 Å². The number of allylic oxidation sites excluding steroid dienone is 4. The number of morpholine rings is 2. The molecule has 3 rings (SSSR count). The average molecular weight is 488 g/mol. The maximum Gasteiger partial charge on any atom is 0.217 e. The fourth-order valence-corrected chi connectivity index (χ4v) is 3.78. The molecule has 0 saturated carbocycles. The summed E-state index contributed by atoms with van der Waals surface area (Å²) >= 11 is 0. The highest BCUT2D eigenvalue weighted by Crippen LogP contribution is 2.23. The first-order valence-electron chi connectivity index (χ1n) is 12.4. The third-order valence-corrected chi connectivity index (χ3v) is 5.15. The van der Waals surface area contributed by atoms with Crippen molar-refractivity contribution in [2.24, 2.45) is 0 Å². The van der Waals surface area contributed by atoms with Crippen molar-refractivity contribution in [3.8, 4) is 5.88 Å². The minimum Gasteiger partial charge on any atom is -0.476 e. The molecule has 35 heavy (non-hydrogen) atoms. The number of hydrogen-bond acceptors (Lipinski definition) is 8. The average Bonchev–Trinajstić information content (AvgIpc) is 2.84. The normalized spacial score (nSPS) is 20.5. The molecule has 0 bridgehead atoms. The van der Waals surface area contributed by atoms with Gasteiger partial charge in [0.15, 0.2) is 0 Å². The van der Waals surface area contributed by atoms with E-state index in [-0.39, 0.29) is 12.2 Å². The van der Waals surface area contributed by atoms with Crippen LogP contribution >= 0.6 is 0 Å². The summed E-state index contributed by atoms with van der Waals surface area (Å²) in [6.07, 6.45) is 5.22. The smallest absolute Gasteiger partial charge is 0.217 e. The lowest BCUT2D eigenvalue weighted by atomic mass is 10.2. The molecule has 196 valence electrons. The summed E-state index contributed by atoms with van der Waals surface area (Å²) in [5, 5.41) is 6.85. The molecule has 0 spiro atoms. The van der Waals surface area contributed by atoms with Crippen LogP contribution in [0.2, 0.25) is 0 Å². The Balaban J connectivity index is 0.000000473. The van der Waals surface area contributed by atoms with Gasteiger partial charge in [0.1, 0.15) is 12.4 Å². The van der Waals surface area contributed by atoms with Crippen molar-refractivity contribution < 1.29 is 14.2 Å². The Morgan fingerprint density at radius 2 is 1.86 bits per heavy atom. The molecule has 0 aromatic carbocycles. The number of rotatable bonds is 8. The first kappa shape index (κ1) is 30.4. The van der Waals surface area contributed by atoms with E-state index < -0.39 is 0 Å². The second kappa shape index (κ2) is 16.9. The van der Waals surface area contributed by atoms with E-state index in [1.165, 1.54) is 6.21 Å². The molecule has 0 radical (unpaired) electrons. The molecule has 0 amide bonds. The number of aromatic nitrogens is 1. The first-order chi connectivity index (χ1) is 16.8. The van der Waals surface area contributed by atoms with E-state index in [0.29, 0.717) is 18.3 Å². The van der Waals surface area contributed by atoms with Crippen molar-refractivity contribution >= 4 is 17.7 Å². The highest BCUT2D eigenvalue weighted by atomic mass is 16.5. The van der Waals surface area contributed by atoms with Crippen LogP contribution in [0.3, 0.4) is 0 Å². The summed E-state index contributed by atoms with van der Waals surface area (Å²) in [5.74, 6) is 1.08. The highest BCUT2D eigenvalue weighted by molar-refractivity contribution is 5.80. The Labute approximate surface area is 211 Å². The van der Waals surface area contributed by atoms with Crippen molar-refractivity contribution in [1.29, 1.82) is 5.41 Å². The molecule has 2 aliphatic rings. The van der Waals surface area contributed by atoms with Gasteiger partial charge in [-0.15, -0.1) is 0 Å². The standard InChI is InChI=1S/C17H28N4O3.C8H11N.C2H6/c1-13-11-20(12-14(2)24-13)3-8-23-17-10-15(9-16(18)19-17)21-4-6-22-7-5-21;1-4-8(6-9)5-7(2)3;1-2/h9-10,13-14H,3-8,11-12H2,1-2H3,(H2,18,19);4-6,9H,1-2H2,3H3;1-2H3/b;8-5+,9-6?;. The third-order valence-electron chi connectivity index (χ3n) is 5.15. The van der Waals surface area contributed by atoms with Gasteiger partial charge >= 0.3 is 0 Å². The Hall–Kier alpha value is -2.68. The third kappa shape index (κ3) is 12.0. The number of pyridine rings is 1. The summed E-state index contributed by atoms with van der Waals surface area (Å²) in [7, 11) is 0. The lowest BCUT2D eigenvalue weighted by Crippen LogP contribution is -2.46. The number of nitrogens with one attached hydrogen (secondary N) is 1. The minimum atomic E-state index is 0.271. The molecular formula is C27H45N5O3. The molecule has 1 aromatic heterocycles. The van der Waals surface area contributed by atoms with E-state index in [9.17, 15) is 0 Å². The van der Waals surface area contributed by atoms with Crippen molar-refractivity contribution in [2.45, 2.75) is 46.8 Å². The molecule has 2 unspecified atom stereocenters. The molecule has 3 N–H and O–H groups in total. The molecule has 8 heteroatoms. The van der Waals surface area contributed by atoms with Crippen molar-refractivity contribution in [2.75, 3.05) is 63.2 Å². The van der Waals surface area contributed by atoms with E-state index in [4.69, 9.17) is 25.4 Å². The lowest BCUT2D eigenvalue weighted by Gasteiger charge is -2.35. The Morgan fingerprint density at radius 3 is 2.37 bits per heavy atom. The zero-order valence-electron chi connectivity index (χ0n) is 22.3. The summed E-state index contributed by atoms with van der Waals surface area (Å²) in [5.41, 5.74) is 8.72. The van der Waals surface area contributed by atoms with Gasteiger partial charge in [0.25, 0.3) is 0 Å². The number of hydrogen-bond donors (Lipinski definition) is 2. The van der Waals surface area contributed by atoms with Crippen LogP contribution in [0.25, 0.3) is 0 Å². The SMILES string of the molecule is C=C/C(C=N)=C\C(=C)C.CC.CC1CN(CCOc2cc(N3CCOCC3)cc(N)n2)CC(C)O1. The quantitative estimate of drug-likeness (QED) is 0.416. The van der Waals surface area contributed by atoms with E-state index in [2.05, 4.69) is 41.8 Å². The number of nitrogens with zero attached hydrogens (tertiary/aromatic N) is 3. The summed E-state index contributed by atoms with van der Waals surface area (Å²) < 4.78 is 17.0. The van der Waals surface area contributed by atoms with Crippen LogP contribution in [0.5, 0.6) is 5.88 Å². The van der Waals surface area contributed by atoms with E-state index in [1.807, 2.05) is 32.9 Å². The van der Waals surface area contributed by atoms with Gasteiger partial charge in [-0.05, 0) is 26.3 Å². The van der Waals surface area contributed by atoms with Gasteiger partial charge in [-0.2, -0.15) is 4.98 Å². The predicted molar refractivity (Wildman–Crippen MR) is 147 cm³/mol. The van der Waals surface area contributed by atoms with Crippen molar-refractivity contribution in [3.63, 3.8) is 0 Å². The molecule has 3 heterocycles. The van der Waals surface area contributed by atoms with Crippen LogP contribution in [-0.4, -0.2) is 80.9 Å². The van der Waals surface area contributed by atoms with Gasteiger partial charge in [0.2, 0.25) is 5.88 Å². The van der Waals surface area contributed by atoms with Gasteiger partial charge in [-0.3, -0.25) is 4.90 Å². The molecule has 1 aromatic rings. The molecule has 2 atom stereocenters. The molecule has 8 nitrogen and oxygen atoms in total. The Kier molecular flexibility index (Phi) is 14.6. The Bertz CT molecular complexity index is 801. The largest absolute Gasteiger partial charge is 0.476 e. The van der Waals surface area contributed by atoms with Crippen LogP contribution in [-0.2, 0) is 9.47 Å². The Morgan fingerprint density at radius 1 is 1.23 bits per heavy atom. The van der Waals surface area contributed by atoms with Crippen LogP contribution < -0.4 is 15.4 Å². The molecule has 2 fully saturated rings. The zero-order chi connectivity index (χ0) is 26.2. The van der Waals surface area contributed by atoms with Crippen LogP contribution in [0, 0.1) is 5.41 Å². The first-order valence-corrected chi connectivity index (χ1v) is 12.4. The molecule has 0 aliphatic carbocycles. The van der Waals surface area contributed by atoms with E-state index in [0.717, 1.165) is 62.8 Å². The number of ether oxygens (including phenoxy) is 3. The highest BCUT2D eigenvalue weighted by Gasteiger charge is 2.22.